The number of nitrogens with one attached hydrogen (secondary N) is 2. The first-order chi connectivity index (χ1) is 17.3. The number of amides is 5. The molecule has 2 N–H and O–H groups in total. The lowest BCUT2D eigenvalue weighted by atomic mass is 9.90. The molecule has 3 aromatic carbocycles. The molecule has 5 amide bonds. The van der Waals surface area contributed by atoms with E-state index in [0.717, 1.165) is 21.4 Å². The van der Waals surface area contributed by atoms with Crippen molar-refractivity contribution in [3.05, 3.63) is 78.4 Å². The third kappa shape index (κ3) is 4.42. The number of benzene rings is 3. The van der Waals surface area contributed by atoms with Crippen LogP contribution in [0.25, 0.3) is 10.8 Å². The topological polar surface area (TPSA) is 98.8 Å². The zero-order valence-corrected chi connectivity index (χ0v) is 20.1. The smallest absolute Gasteiger partial charge is 0.325 e. The maximum Gasteiger partial charge on any atom is 0.325 e. The normalized spacial score (nSPS) is 20.5. The minimum atomic E-state index is -1.25. The molecule has 36 heavy (non-hydrogen) atoms. The van der Waals surface area contributed by atoms with E-state index < -0.39 is 17.5 Å². The number of urea groups is 1. The number of hydrogen-bond acceptors (Lipinski definition) is 4. The molecule has 0 aromatic heterocycles. The van der Waals surface area contributed by atoms with Crippen LogP contribution in [-0.4, -0.2) is 53.2 Å². The van der Waals surface area contributed by atoms with Gasteiger partial charge in [0, 0.05) is 24.7 Å². The number of carbonyl (C=O) groups excluding carboxylic acids is 4. The quantitative estimate of drug-likeness (QED) is 0.542. The van der Waals surface area contributed by atoms with Gasteiger partial charge in [0.25, 0.3) is 5.91 Å². The number of fused-ring (bicyclic) bond motifs is 1. The number of imide groups is 1. The Balaban J connectivity index is 1.20. The first-order valence-corrected chi connectivity index (χ1v) is 12.1. The van der Waals surface area contributed by atoms with Crippen molar-refractivity contribution in [1.82, 2.24) is 15.1 Å². The van der Waals surface area contributed by atoms with Crippen LogP contribution < -0.4 is 10.6 Å². The Kier molecular flexibility index (Phi) is 6.18. The summed E-state index contributed by atoms with van der Waals surface area (Å²) in [6.07, 6.45) is 1.05. The lowest BCUT2D eigenvalue weighted by Gasteiger charge is -2.32. The van der Waals surface area contributed by atoms with Crippen molar-refractivity contribution >= 4 is 40.2 Å². The Hall–Kier alpha value is -4.20. The zero-order valence-electron chi connectivity index (χ0n) is 20.1. The molecule has 2 aliphatic rings. The molecule has 0 aliphatic carbocycles. The maximum absolute atomic E-state index is 13.3. The first-order valence-electron chi connectivity index (χ1n) is 12.1. The minimum absolute atomic E-state index is 0.0615. The zero-order chi connectivity index (χ0) is 25.3. The van der Waals surface area contributed by atoms with Crippen molar-refractivity contribution in [1.29, 1.82) is 0 Å². The highest BCUT2D eigenvalue weighted by Gasteiger charge is 2.49. The fourth-order valence-electron chi connectivity index (χ4n) is 4.93. The van der Waals surface area contributed by atoms with Gasteiger partial charge in [-0.25, -0.2) is 4.79 Å². The van der Waals surface area contributed by atoms with Gasteiger partial charge in [0.1, 0.15) is 12.1 Å². The Morgan fingerprint density at radius 1 is 0.944 bits per heavy atom. The molecule has 2 heterocycles. The van der Waals surface area contributed by atoms with Crippen molar-refractivity contribution in [2.75, 3.05) is 25.0 Å². The summed E-state index contributed by atoms with van der Waals surface area (Å²) < 4.78 is 0. The molecule has 2 aliphatic heterocycles. The third-order valence-corrected chi connectivity index (χ3v) is 7.15. The molecule has 8 heteroatoms. The summed E-state index contributed by atoms with van der Waals surface area (Å²) in [6.45, 7) is 2.14. The molecule has 2 saturated heterocycles. The number of hydrogen-bond donors (Lipinski definition) is 2. The van der Waals surface area contributed by atoms with Crippen molar-refractivity contribution in [3.63, 3.8) is 0 Å². The van der Waals surface area contributed by atoms with E-state index >= 15 is 0 Å². The van der Waals surface area contributed by atoms with Gasteiger partial charge < -0.3 is 15.5 Å². The van der Waals surface area contributed by atoms with Gasteiger partial charge >= 0.3 is 6.03 Å². The fourth-order valence-corrected chi connectivity index (χ4v) is 4.93. The average molecular weight is 485 g/mol. The number of para-hydroxylation sites is 1. The predicted octanol–water partition coefficient (Wildman–Crippen LogP) is 3.48. The number of anilines is 1. The van der Waals surface area contributed by atoms with E-state index in [-0.39, 0.29) is 24.3 Å². The first kappa shape index (κ1) is 23.5. The lowest BCUT2D eigenvalue weighted by Crippen LogP contribution is -2.47. The molecule has 3 aromatic rings. The van der Waals surface area contributed by atoms with Crippen molar-refractivity contribution < 1.29 is 19.2 Å². The number of nitrogens with zero attached hydrogens (tertiary/aromatic N) is 2. The maximum atomic E-state index is 13.3. The lowest BCUT2D eigenvalue weighted by molar-refractivity contribution is -0.140. The van der Waals surface area contributed by atoms with E-state index in [4.69, 9.17) is 0 Å². The third-order valence-electron chi connectivity index (χ3n) is 7.15. The van der Waals surface area contributed by atoms with Crippen LogP contribution in [-0.2, 0) is 19.9 Å². The molecule has 0 saturated carbocycles. The summed E-state index contributed by atoms with van der Waals surface area (Å²) in [5.41, 5.74) is 0.165. The van der Waals surface area contributed by atoms with Gasteiger partial charge in [-0.3, -0.25) is 19.3 Å². The molecule has 0 unspecified atom stereocenters. The monoisotopic (exact) mass is 484 g/mol. The Morgan fingerprint density at radius 2 is 1.61 bits per heavy atom. The summed E-state index contributed by atoms with van der Waals surface area (Å²) in [6, 6.07) is 22.1. The van der Waals surface area contributed by atoms with Gasteiger partial charge in [-0.05, 0) is 54.3 Å². The summed E-state index contributed by atoms with van der Waals surface area (Å²) in [5.74, 6) is -1.01. The molecular weight excluding hydrogens is 456 g/mol. The van der Waals surface area contributed by atoms with Crippen LogP contribution in [0, 0.1) is 5.92 Å². The largest absolute Gasteiger partial charge is 0.341 e. The van der Waals surface area contributed by atoms with E-state index in [2.05, 4.69) is 10.6 Å². The summed E-state index contributed by atoms with van der Waals surface area (Å²) >= 11 is 0. The molecule has 0 bridgehead atoms. The second kappa shape index (κ2) is 9.45. The Morgan fingerprint density at radius 3 is 2.33 bits per heavy atom. The standard InChI is InChI=1S/C28H28N4O4/c1-28(22-12-11-19-7-5-6-8-21(19)17-22)26(35)32(27(36)30-28)18-24(33)31-15-13-20(14-16-31)25(34)29-23-9-3-2-4-10-23/h2-12,17,20H,13-16,18H2,1H3,(H,29,34)(H,30,36)/t28-/m0/s1. The molecule has 0 spiro atoms. The fraction of sp³-hybridized carbons (Fsp3) is 0.286. The Bertz CT molecular complexity index is 1330. The number of rotatable bonds is 5. The van der Waals surface area contributed by atoms with Gasteiger partial charge in [0.15, 0.2) is 0 Å². The summed E-state index contributed by atoms with van der Waals surface area (Å²) in [7, 11) is 0. The minimum Gasteiger partial charge on any atom is -0.341 e. The molecule has 0 radical (unpaired) electrons. The number of likely N-dealkylation sites (tertiary alicyclic amines) is 1. The van der Waals surface area contributed by atoms with Crippen LogP contribution in [0.15, 0.2) is 72.8 Å². The molecule has 2 fully saturated rings. The van der Waals surface area contributed by atoms with Gasteiger partial charge in [-0.1, -0.05) is 54.6 Å². The van der Waals surface area contributed by atoms with Crippen LogP contribution in [0.2, 0.25) is 0 Å². The SMILES string of the molecule is C[C@@]1(c2ccc3ccccc3c2)NC(=O)N(CC(=O)N2CCC(C(=O)Nc3ccccc3)CC2)C1=O. The van der Waals surface area contributed by atoms with E-state index in [1.807, 2.05) is 72.8 Å². The second-order valence-electron chi connectivity index (χ2n) is 9.52. The van der Waals surface area contributed by atoms with Gasteiger partial charge in [0.2, 0.25) is 11.8 Å². The van der Waals surface area contributed by atoms with E-state index in [9.17, 15) is 19.2 Å². The van der Waals surface area contributed by atoms with E-state index in [0.29, 0.717) is 31.5 Å². The van der Waals surface area contributed by atoms with Crippen molar-refractivity contribution in [2.45, 2.75) is 25.3 Å². The van der Waals surface area contributed by atoms with Crippen molar-refractivity contribution in [2.24, 2.45) is 5.92 Å². The van der Waals surface area contributed by atoms with Crippen LogP contribution in [0.3, 0.4) is 0 Å². The summed E-state index contributed by atoms with van der Waals surface area (Å²) in [5, 5.41) is 7.69. The Labute approximate surface area is 209 Å². The molecule has 184 valence electrons. The highest BCUT2D eigenvalue weighted by Crippen LogP contribution is 2.31. The highest BCUT2D eigenvalue weighted by atomic mass is 16.2. The van der Waals surface area contributed by atoms with Crippen LogP contribution >= 0.6 is 0 Å². The molecule has 1 atom stereocenters. The number of carbonyl (C=O) groups is 4. The molecule has 8 nitrogen and oxygen atoms in total. The summed E-state index contributed by atoms with van der Waals surface area (Å²) in [4.78, 5) is 54.2. The second-order valence-corrected chi connectivity index (χ2v) is 9.52. The van der Waals surface area contributed by atoms with Crippen LogP contribution in [0.4, 0.5) is 10.5 Å². The van der Waals surface area contributed by atoms with Gasteiger partial charge in [0.05, 0.1) is 0 Å². The van der Waals surface area contributed by atoms with E-state index in [1.165, 1.54) is 0 Å². The van der Waals surface area contributed by atoms with Gasteiger partial charge in [-0.15, -0.1) is 0 Å². The average Bonchev–Trinajstić information content (AvgIpc) is 3.12. The van der Waals surface area contributed by atoms with E-state index in [1.54, 1.807) is 11.8 Å². The van der Waals surface area contributed by atoms with Crippen molar-refractivity contribution in [3.8, 4) is 0 Å². The predicted molar refractivity (Wildman–Crippen MR) is 136 cm³/mol. The van der Waals surface area contributed by atoms with Crippen LogP contribution in [0.1, 0.15) is 25.3 Å². The van der Waals surface area contributed by atoms with Gasteiger partial charge in [-0.2, -0.15) is 0 Å². The highest BCUT2D eigenvalue weighted by molar-refractivity contribution is 6.09. The molecule has 5 rings (SSSR count). The molecular formula is C28H28N4O4. The number of piperidine rings is 1. The van der Waals surface area contributed by atoms with Crippen LogP contribution in [0.5, 0.6) is 0 Å².